The molecule has 0 aliphatic carbocycles. The van der Waals surface area contributed by atoms with Gasteiger partial charge in [-0.05, 0) is 19.4 Å². The normalized spacial score (nSPS) is 10.5. The smallest absolute Gasteiger partial charge is 0.198 e. The fraction of sp³-hybridized carbons (Fsp3) is 0.231. The molecule has 2 N–H and O–H groups in total. The molecular weight excluding hydrogens is 214 g/mol. The average molecular weight is 229 g/mol. The third-order valence-electron chi connectivity index (χ3n) is 2.88. The molecule has 2 rings (SSSR count). The van der Waals surface area contributed by atoms with E-state index < -0.39 is 0 Å². The van der Waals surface area contributed by atoms with Crippen molar-refractivity contribution >= 4 is 11.6 Å². The SMILES string of the molecule is Cc1ccccc1C(=O)c1c(C)nn(C)c1N. The van der Waals surface area contributed by atoms with Gasteiger partial charge in [0.05, 0.1) is 11.3 Å². The molecule has 0 aliphatic rings. The highest BCUT2D eigenvalue weighted by molar-refractivity contribution is 6.13. The molecule has 2 aromatic rings. The van der Waals surface area contributed by atoms with Crippen molar-refractivity contribution in [2.24, 2.45) is 7.05 Å². The zero-order valence-corrected chi connectivity index (χ0v) is 10.2. The predicted molar refractivity (Wildman–Crippen MR) is 67.0 cm³/mol. The summed E-state index contributed by atoms with van der Waals surface area (Å²) in [6.07, 6.45) is 0. The van der Waals surface area contributed by atoms with E-state index in [0.29, 0.717) is 22.6 Å². The van der Waals surface area contributed by atoms with E-state index in [-0.39, 0.29) is 5.78 Å². The van der Waals surface area contributed by atoms with Gasteiger partial charge in [0, 0.05) is 12.6 Å². The van der Waals surface area contributed by atoms with Crippen LogP contribution in [-0.4, -0.2) is 15.6 Å². The highest BCUT2D eigenvalue weighted by Crippen LogP contribution is 2.21. The summed E-state index contributed by atoms with van der Waals surface area (Å²) in [5.41, 5.74) is 8.66. The summed E-state index contributed by atoms with van der Waals surface area (Å²) >= 11 is 0. The summed E-state index contributed by atoms with van der Waals surface area (Å²) in [5.74, 6) is 0.349. The van der Waals surface area contributed by atoms with E-state index in [1.807, 2.05) is 31.2 Å². The zero-order valence-electron chi connectivity index (χ0n) is 10.2. The van der Waals surface area contributed by atoms with E-state index in [4.69, 9.17) is 5.73 Å². The second kappa shape index (κ2) is 4.05. The molecule has 4 nitrogen and oxygen atoms in total. The molecule has 0 fully saturated rings. The molecule has 0 radical (unpaired) electrons. The first-order valence-electron chi connectivity index (χ1n) is 5.41. The molecule has 0 aliphatic heterocycles. The van der Waals surface area contributed by atoms with Gasteiger partial charge in [0.1, 0.15) is 5.82 Å². The maximum atomic E-state index is 12.4. The Morgan fingerprint density at radius 1 is 1.29 bits per heavy atom. The number of carbonyl (C=O) groups excluding carboxylic acids is 1. The molecule has 0 atom stereocenters. The van der Waals surface area contributed by atoms with Crippen molar-refractivity contribution in [2.75, 3.05) is 5.73 Å². The van der Waals surface area contributed by atoms with Crippen LogP contribution in [0.4, 0.5) is 5.82 Å². The first-order chi connectivity index (χ1) is 8.02. The fourth-order valence-electron chi connectivity index (χ4n) is 1.92. The molecule has 0 saturated carbocycles. The van der Waals surface area contributed by atoms with Crippen molar-refractivity contribution in [2.45, 2.75) is 13.8 Å². The molecule has 1 heterocycles. The first-order valence-corrected chi connectivity index (χ1v) is 5.41. The lowest BCUT2D eigenvalue weighted by Gasteiger charge is -2.04. The van der Waals surface area contributed by atoms with Crippen LogP contribution in [0.3, 0.4) is 0 Å². The lowest BCUT2D eigenvalue weighted by Crippen LogP contribution is -2.08. The van der Waals surface area contributed by atoms with Crippen molar-refractivity contribution in [3.05, 3.63) is 46.6 Å². The second-order valence-corrected chi connectivity index (χ2v) is 4.11. The Kier molecular flexibility index (Phi) is 2.71. The lowest BCUT2D eigenvalue weighted by atomic mass is 9.99. The van der Waals surface area contributed by atoms with E-state index in [0.717, 1.165) is 5.56 Å². The molecule has 1 aromatic heterocycles. The molecule has 0 saturated heterocycles. The van der Waals surface area contributed by atoms with Crippen molar-refractivity contribution in [1.29, 1.82) is 0 Å². The summed E-state index contributed by atoms with van der Waals surface area (Å²) in [6, 6.07) is 7.48. The van der Waals surface area contributed by atoms with Gasteiger partial charge in [-0.3, -0.25) is 9.48 Å². The second-order valence-electron chi connectivity index (χ2n) is 4.11. The summed E-state index contributed by atoms with van der Waals surface area (Å²) in [5, 5.41) is 4.16. The van der Waals surface area contributed by atoms with Crippen molar-refractivity contribution in [1.82, 2.24) is 9.78 Å². The van der Waals surface area contributed by atoms with Crippen LogP contribution in [0.1, 0.15) is 27.2 Å². The quantitative estimate of drug-likeness (QED) is 0.799. The summed E-state index contributed by atoms with van der Waals surface area (Å²) < 4.78 is 1.53. The monoisotopic (exact) mass is 229 g/mol. The fourth-order valence-corrected chi connectivity index (χ4v) is 1.92. The van der Waals surface area contributed by atoms with Gasteiger partial charge in [0.15, 0.2) is 5.78 Å². The van der Waals surface area contributed by atoms with Crippen LogP contribution in [0.2, 0.25) is 0 Å². The maximum absolute atomic E-state index is 12.4. The van der Waals surface area contributed by atoms with Crippen molar-refractivity contribution < 1.29 is 4.79 Å². The number of hydrogen-bond acceptors (Lipinski definition) is 3. The summed E-state index contributed by atoms with van der Waals surface area (Å²) in [7, 11) is 1.73. The third-order valence-corrected chi connectivity index (χ3v) is 2.88. The Morgan fingerprint density at radius 3 is 2.47 bits per heavy atom. The highest BCUT2D eigenvalue weighted by Gasteiger charge is 2.20. The molecule has 88 valence electrons. The molecule has 4 heteroatoms. The largest absolute Gasteiger partial charge is 0.383 e. The Labute approximate surface area is 100 Å². The number of aromatic nitrogens is 2. The number of carbonyl (C=O) groups is 1. The van der Waals surface area contributed by atoms with Crippen LogP contribution >= 0.6 is 0 Å². The average Bonchev–Trinajstić information content (AvgIpc) is 2.53. The van der Waals surface area contributed by atoms with Crippen LogP contribution in [0.15, 0.2) is 24.3 Å². The topological polar surface area (TPSA) is 60.9 Å². The van der Waals surface area contributed by atoms with E-state index in [1.54, 1.807) is 14.0 Å². The minimum atomic E-state index is -0.0637. The number of benzene rings is 1. The van der Waals surface area contributed by atoms with Crippen LogP contribution in [-0.2, 0) is 7.05 Å². The number of hydrogen-bond donors (Lipinski definition) is 1. The Bertz CT molecular complexity index is 584. The molecular formula is C13H15N3O. The van der Waals surface area contributed by atoms with Crippen molar-refractivity contribution in [3.63, 3.8) is 0 Å². The maximum Gasteiger partial charge on any atom is 0.198 e. The van der Waals surface area contributed by atoms with Gasteiger partial charge >= 0.3 is 0 Å². The van der Waals surface area contributed by atoms with E-state index in [2.05, 4.69) is 5.10 Å². The standard InChI is InChI=1S/C13H15N3O/c1-8-6-4-5-7-10(8)12(17)11-9(2)15-16(3)13(11)14/h4-7H,14H2,1-3H3. The molecule has 0 unspecified atom stereocenters. The van der Waals surface area contributed by atoms with Gasteiger partial charge < -0.3 is 5.73 Å². The summed E-state index contributed by atoms with van der Waals surface area (Å²) in [4.78, 5) is 12.4. The molecule has 0 bridgehead atoms. The predicted octanol–water partition coefficient (Wildman–Crippen LogP) is 1.85. The number of nitrogen functional groups attached to an aromatic ring is 1. The van der Waals surface area contributed by atoms with Crippen LogP contribution in [0.5, 0.6) is 0 Å². The number of anilines is 1. The van der Waals surface area contributed by atoms with Gasteiger partial charge in [-0.25, -0.2) is 0 Å². The van der Waals surface area contributed by atoms with Gasteiger partial charge in [-0.15, -0.1) is 0 Å². The minimum Gasteiger partial charge on any atom is -0.383 e. The van der Waals surface area contributed by atoms with E-state index >= 15 is 0 Å². The van der Waals surface area contributed by atoms with E-state index in [9.17, 15) is 4.79 Å². The van der Waals surface area contributed by atoms with Crippen molar-refractivity contribution in [3.8, 4) is 0 Å². The third kappa shape index (κ3) is 1.82. The van der Waals surface area contributed by atoms with Gasteiger partial charge in [0.25, 0.3) is 0 Å². The van der Waals surface area contributed by atoms with Gasteiger partial charge in [-0.2, -0.15) is 5.10 Å². The Balaban J connectivity index is 2.55. The Hall–Kier alpha value is -2.10. The van der Waals surface area contributed by atoms with Crippen LogP contribution in [0.25, 0.3) is 0 Å². The van der Waals surface area contributed by atoms with Gasteiger partial charge in [0.2, 0.25) is 0 Å². The minimum absolute atomic E-state index is 0.0637. The number of aryl methyl sites for hydroxylation is 3. The number of ketones is 1. The van der Waals surface area contributed by atoms with Crippen LogP contribution in [0, 0.1) is 13.8 Å². The lowest BCUT2D eigenvalue weighted by molar-refractivity contribution is 0.103. The van der Waals surface area contributed by atoms with Gasteiger partial charge in [-0.1, -0.05) is 24.3 Å². The highest BCUT2D eigenvalue weighted by atomic mass is 16.1. The molecule has 17 heavy (non-hydrogen) atoms. The first kappa shape index (κ1) is 11.4. The number of rotatable bonds is 2. The van der Waals surface area contributed by atoms with Crippen LogP contribution < -0.4 is 5.73 Å². The Morgan fingerprint density at radius 2 is 1.94 bits per heavy atom. The number of nitrogens with two attached hydrogens (primary N) is 1. The zero-order chi connectivity index (χ0) is 12.6. The molecule has 0 amide bonds. The van der Waals surface area contributed by atoms with E-state index in [1.165, 1.54) is 4.68 Å². The number of nitrogens with zero attached hydrogens (tertiary/aromatic N) is 2. The summed E-state index contributed by atoms with van der Waals surface area (Å²) in [6.45, 7) is 3.71. The molecule has 0 spiro atoms. The molecule has 1 aromatic carbocycles.